The summed E-state index contributed by atoms with van der Waals surface area (Å²) in [5.74, 6) is -0.458. The van der Waals surface area contributed by atoms with Crippen LogP contribution in [0.4, 0.5) is 11.4 Å². The molecule has 2 saturated heterocycles. The molecule has 0 unspecified atom stereocenters. The predicted octanol–water partition coefficient (Wildman–Crippen LogP) is 4.37. The summed E-state index contributed by atoms with van der Waals surface area (Å²) in [6.07, 6.45) is 10.5. The molecule has 2 aliphatic heterocycles. The molecule has 9 heteroatoms. The monoisotopic (exact) mass is 565 g/mol. The Morgan fingerprint density at radius 2 is 1.21 bits per heavy atom. The van der Waals surface area contributed by atoms with Gasteiger partial charge in [0.25, 0.3) is 0 Å². The van der Waals surface area contributed by atoms with Crippen molar-refractivity contribution >= 4 is 47.2 Å². The van der Waals surface area contributed by atoms with Gasteiger partial charge in [-0.15, -0.1) is 0 Å². The Hall–Kier alpha value is -4.79. The summed E-state index contributed by atoms with van der Waals surface area (Å²) >= 11 is 0. The molecule has 0 aliphatic carbocycles. The Morgan fingerprint density at radius 3 is 1.71 bits per heavy atom. The minimum Gasteiger partial charge on any atom is -0.331 e. The lowest BCUT2D eigenvalue weighted by molar-refractivity contribution is -0.136. The minimum absolute atomic E-state index is 0.0526. The summed E-state index contributed by atoms with van der Waals surface area (Å²) in [4.78, 5) is 57.6. The summed E-state index contributed by atoms with van der Waals surface area (Å²) in [6, 6.07) is 17.8. The summed E-state index contributed by atoms with van der Waals surface area (Å²) < 4.78 is 0. The standard InChI is InChI=1S/C33H35N5O4/c1-23(39)37-20-2-4-29(37)32(41)35-27-12-8-24(9-13-27)6-7-25-10-14-28(15-11-25)36-33(42)30-5-3-21-38(30)31(40)22-26-16-18-34-19-17-26/h6-19,29-30H,2-5,20-22H2,1H3,(H,35,41)(H,36,42)/t29-,30-/m0/s1. The quantitative estimate of drug-likeness (QED) is 0.394. The van der Waals surface area contributed by atoms with Crippen molar-refractivity contribution in [1.29, 1.82) is 0 Å². The highest BCUT2D eigenvalue weighted by Gasteiger charge is 2.34. The number of hydrogen-bond acceptors (Lipinski definition) is 5. The van der Waals surface area contributed by atoms with Gasteiger partial charge >= 0.3 is 0 Å². The van der Waals surface area contributed by atoms with Crippen molar-refractivity contribution in [3.63, 3.8) is 0 Å². The zero-order valence-corrected chi connectivity index (χ0v) is 23.7. The first-order valence-corrected chi connectivity index (χ1v) is 14.3. The van der Waals surface area contributed by atoms with E-state index < -0.39 is 12.1 Å². The lowest BCUT2D eigenvalue weighted by Crippen LogP contribution is -2.43. The summed E-state index contributed by atoms with van der Waals surface area (Å²) in [5.41, 5.74) is 4.18. The first kappa shape index (κ1) is 28.7. The van der Waals surface area contributed by atoms with Crippen molar-refractivity contribution in [1.82, 2.24) is 14.8 Å². The van der Waals surface area contributed by atoms with Crippen molar-refractivity contribution in [3.8, 4) is 0 Å². The van der Waals surface area contributed by atoms with Gasteiger partial charge in [0.2, 0.25) is 23.6 Å². The van der Waals surface area contributed by atoms with E-state index in [9.17, 15) is 19.2 Å². The smallest absolute Gasteiger partial charge is 0.247 e. The number of rotatable bonds is 8. The number of likely N-dealkylation sites (tertiary alicyclic amines) is 2. The fourth-order valence-electron chi connectivity index (χ4n) is 5.53. The Labute approximate surface area is 245 Å². The number of anilines is 2. The van der Waals surface area contributed by atoms with E-state index in [2.05, 4.69) is 15.6 Å². The summed E-state index contributed by atoms with van der Waals surface area (Å²) in [7, 11) is 0. The molecule has 2 aliphatic rings. The van der Waals surface area contributed by atoms with Gasteiger partial charge < -0.3 is 20.4 Å². The number of aromatic nitrogens is 1. The van der Waals surface area contributed by atoms with Gasteiger partial charge in [0, 0.05) is 43.8 Å². The van der Waals surface area contributed by atoms with E-state index in [0.717, 1.165) is 29.5 Å². The van der Waals surface area contributed by atoms with E-state index in [4.69, 9.17) is 0 Å². The number of hydrogen-bond donors (Lipinski definition) is 2. The Balaban J connectivity index is 1.12. The second-order valence-electron chi connectivity index (χ2n) is 10.7. The third-order valence-corrected chi connectivity index (χ3v) is 7.77. The average molecular weight is 566 g/mol. The van der Waals surface area contributed by atoms with Crippen LogP contribution in [0.25, 0.3) is 12.2 Å². The van der Waals surface area contributed by atoms with Gasteiger partial charge in [0.15, 0.2) is 0 Å². The van der Waals surface area contributed by atoms with E-state index >= 15 is 0 Å². The summed E-state index contributed by atoms with van der Waals surface area (Å²) in [5, 5.41) is 5.88. The van der Waals surface area contributed by atoms with Crippen LogP contribution in [0.15, 0.2) is 73.1 Å². The van der Waals surface area contributed by atoms with E-state index in [1.165, 1.54) is 6.92 Å². The third kappa shape index (κ3) is 7.09. The molecule has 1 aromatic heterocycles. The molecule has 3 heterocycles. The van der Waals surface area contributed by atoms with Crippen LogP contribution in [0, 0.1) is 0 Å². The normalized spacial score (nSPS) is 18.3. The number of nitrogens with zero attached hydrogens (tertiary/aromatic N) is 3. The van der Waals surface area contributed by atoms with Gasteiger partial charge in [-0.25, -0.2) is 0 Å². The zero-order chi connectivity index (χ0) is 29.5. The van der Waals surface area contributed by atoms with Gasteiger partial charge in [0.05, 0.1) is 6.42 Å². The van der Waals surface area contributed by atoms with Crippen molar-refractivity contribution in [2.75, 3.05) is 23.7 Å². The van der Waals surface area contributed by atoms with E-state index in [1.54, 1.807) is 22.2 Å². The van der Waals surface area contributed by atoms with Crippen LogP contribution in [0.2, 0.25) is 0 Å². The Bertz CT molecular complexity index is 1450. The van der Waals surface area contributed by atoms with Gasteiger partial charge in [-0.1, -0.05) is 36.4 Å². The van der Waals surface area contributed by atoms with Crippen molar-refractivity contribution < 1.29 is 19.2 Å². The van der Waals surface area contributed by atoms with Crippen LogP contribution in [0.5, 0.6) is 0 Å². The van der Waals surface area contributed by atoms with Gasteiger partial charge in [-0.3, -0.25) is 24.2 Å². The second-order valence-corrected chi connectivity index (χ2v) is 10.7. The molecular formula is C33H35N5O4. The average Bonchev–Trinajstić information content (AvgIpc) is 3.69. The molecule has 5 rings (SSSR count). The van der Waals surface area contributed by atoms with Crippen LogP contribution < -0.4 is 10.6 Å². The van der Waals surface area contributed by atoms with Crippen LogP contribution in [0.1, 0.15) is 49.3 Å². The third-order valence-electron chi connectivity index (χ3n) is 7.77. The lowest BCUT2D eigenvalue weighted by atomic mass is 10.1. The van der Waals surface area contributed by atoms with Crippen molar-refractivity contribution in [3.05, 3.63) is 89.7 Å². The van der Waals surface area contributed by atoms with Crippen LogP contribution in [0.3, 0.4) is 0 Å². The van der Waals surface area contributed by atoms with Crippen molar-refractivity contribution in [2.45, 2.75) is 51.1 Å². The molecule has 42 heavy (non-hydrogen) atoms. The van der Waals surface area contributed by atoms with Crippen LogP contribution >= 0.6 is 0 Å². The summed E-state index contributed by atoms with van der Waals surface area (Å²) in [6.45, 7) is 2.70. The second kappa shape index (κ2) is 13.2. The Morgan fingerprint density at radius 1 is 0.738 bits per heavy atom. The number of amides is 4. The molecule has 2 atom stereocenters. The van der Waals surface area contributed by atoms with Crippen LogP contribution in [-0.4, -0.2) is 63.6 Å². The SMILES string of the molecule is CC(=O)N1CCC[C@H]1C(=O)Nc1ccc(C=Cc2ccc(NC(=O)[C@@H]3CCCN3C(=O)Cc3ccncc3)cc2)cc1. The van der Waals surface area contributed by atoms with Gasteiger partial charge in [-0.05, 0) is 78.8 Å². The zero-order valence-electron chi connectivity index (χ0n) is 23.7. The molecule has 2 fully saturated rings. The molecule has 0 bridgehead atoms. The number of nitrogens with one attached hydrogen (secondary N) is 2. The lowest BCUT2D eigenvalue weighted by Gasteiger charge is -2.24. The molecule has 9 nitrogen and oxygen atoms in total. The highest BCUT2D eigenvalue weighted by Crippen LogP contribution is 2.22. The predicted molar refractivity (Wildman–Crippen MR) is 162 cm³/mol. The van der Waals surface area contributed by atoms with E-state index in [1.807, 2.05) is 72.8 Å². The van der Waals surface area contributed by atoms with Crippen molar-refractivity contribution in [2.24, 2.45) is 0 Å². The fraction of sp³-hybridized carbons (Fsp3) is 0.303. The van der Waals surface area contributed by atoms with Gasteiger partial charge in [0.1, 0.15) is 12.1 Å². The Kier molecular flexibility index (Phi) is 9.06. The maximum absolute atomic E-state index is 13.0. The molecular weight excluding hydrogens is 530 g/mol. The number of pyridine rings is 1. The van der Waals surface area contributed by atoms with E-state index in [0.29, 0.717) is 37.3 Å². The molecule has 0 spiro atoms. The number of carbonyl (C=O) groups excluding carboxylic acids is 4. The van der Waals surface area contributed by atoms with Gasteiger partial charge in [-0.2, -0.15) is 0 Å². The van der Waals surface area contributed by atoms with Crippen LogP contribution in [-0.2, 0) is 25.6 Å². The molecule has 0 saturated carbocycles. The molecule has 2 aromatic carbocycles. The highest BCUT2D eigenvalue weighted by atomic mass is 16.2. The molecule has 2 N–H and O–H groups in total. The first-order valence-electron chi connectivity index (χ1n) is 14.3. The minimum atomic E-state index is -0.474. The van der Waals surface area contributed by atoms with E-state index in [-0.39, 0.29) is 30.0 Å². The molecule has 3 aromatic rings. The number of benzene rings is 2. The topological polar surface area (TPSA) is 112 Å². The maximum atomic E-state index is 13.0. The molecule has 0 radical (unpaired) electrons. The largest absolute Gasteiger partial charge is 0.331 e. The molecule has 216 valence electrons. The molecule has 4 amide bonds. The maximum Gasteiger partial charge on any atom is 0.247 e. The number of carbonyl (C=O) groups is 4. The highest BCUT2D eigenvalue weighted by molar-refractivity contribution is 5.98. The first-order chi connectivity index (χ1) is 20.4. The fourth-order valence-corrected chi connectivity index (χ4v) is 5.53.